The van der Waals surface area contributed by atoms with E-state index in [0.717, 1.165) is 17.8 Å². The van der Waals surface area contributed by atoms with Crippen LogP contribution in [0.1, 0.15) is 18.4 Å². The zero-order chi connectivity index (χ0) is 18.0. The first-order valence-electron chi connectivity index (χ1n) is 7.99. The number of methoxy groups -OCH3 is 1. The van der Waals surface area contributed by atoms with Crippen LogP contribution in [0.4, 0.5) is 10.1 Å². The number of benzene rings is 1. The van der Waals surface area contributed by atoms with E-state index in [1.54, 1.807) is 25.4 Å². The zero-order valence-corrected chi connectivity index (χ0v) is 15.6. The third-order valence-electron chi connectivity index (χ3n) is 4.48. The van der Waals surface area contributed by atoms with Crippen LogP contribution in [-0.2, 0) is 0 Å². The van der Waals surface area contributed by atoms with E-state index >= 15 is 0 Å². The maximum Gasteiger partial charge on any atom is 0.213 e. The number of nitrogens with one attached hydrogen (secondary N) is 1. The van der Waals surface area contributed by atoms with Gasteiger partial charge in [0.15, 0.2) is 5.11 Å². The molecular formula is C18H19ClFN3OS. The molecule has 0 spiro atoms. The molecule has 2 heterocycles. The van der Waals surface area contributed by atoms with E-state index in [4.69, 9.17) is 28.6 Å². The van der Waals surface area contributed by atoms with Crippen LogP contribution in [0.2, 0.25) is 5.02 Å². The first-order valence-corrected chi connectivity index (χ1v) is 8.78. The Bertz CT molecular complexity index is 771. The number of likely N-dealkylation sites (tertiary alicyclic amines) is 1. The predicted molar refractivity (Wildman–Crippen MR) is 102 cm³/mol. The standard InChI is InChI=1S/C18H19ClFN3OS/c1-11-9-23(10-14(11)13-4-3-5-15(20)17(13)19)18(25)22-12-6-7-16(24-2)21-8-12/h3-8,11,14H,9-10H2,1-2H3,(H,22,25)/t11-,14-/m0/s1. The summed E-state index contributed by atoms with van der Waals surface area (Å²) in [5.41, 5.74) is 1.64. The molecule has 0 amide bonds. The number of hydrogen-bond acceptors (Lipinski definition) is 3. The van der Waals surface area contributed by atoms with E-state index in [9.17, 15) is 4.39 Å². The minimum Gasteiger partial charge on any atom is -0.481 e. The summed E-state index contributed by atoms with van der Waals surface area (Å²) in [4.78, 5) is 6.23. The van der Waals surface area contributed by atoms with Crippen molar-refractivity contribution in [3.8, 4) is 5.88 Å². The molecule has 0 unspecified atom stereocenters. The molecule has 3 rings (SSSR count). The van der Waals surface area contributed by atoms with Crippen LogP contribution in [0, 0.1) is 11.7 Å². The van der Waals surface area contributed by atoms with Gasteiger partial charge in [-0.15, -0.1) is 0 Å². The molecule has 1 aromatic heterocycles. The van der Waals surface area contributed by atoms with Crippen molar-refractivity contribution in [3.63, 3.8) is 0 Å². The Morgan fingerprint density at radius 1 is 1.36 bits per heavy atom. The van der Waals surface area contributed by atoms with E-state index in [1.165, 1.54) is 6.07 Å². The number of halogens is 2. The molecule has 1 aliphatic rings. The van der Waals surface area contributed by atoms with E-state index < -0.39 is 0 Å². The molecule has 2 aromatic rings. The van der Waals surface area contributed by atoms with Gasteiger partial charge in [-0.05, 0) is 35.8 Å². The second-order valence-electron chi connectivity index (χ2n) is 6.15. The number of rotatable bonds is 3. The lowest BCUT2D eigenvalue weighted by Gasteiger charge is -2.21. The lowest BCUT2D eigenvalue weighted by molar-refractivity contribution is 0.398. The largest absolute Gasteiger partial charge is 0.481 e. The number of aromatic nitrogens is 1. The van der Waals surface area contributed by atoms with Gasteiger partial charge in [0.25, 0.3) is 0 Å². The van der Waals surface area contributed by atoms with Crippen molar-refractivity contribution < 1.29 is 9.13 Å². The van der Waals surface area contributed by atoms with Crippen molar-refractivity contribution in [2.24, 2.45) is 5.92 Å². The summed E-state index contributed by atoms with van der Waals surface area (Å²) in [5, 5.41) is 4.01. The predicted octanol–water partition coefficient (Wildman–Crippen LogP) is 4.32. The lowest BCUT2D eigenvalue weighted by atomic mass is 9.90. The summed E-state index contributed by atoms with van der Waals surface area (Å²) in [7, 11) is 1.57. The summed E-state index contributed by atoms with van der Waals surface area (Å²) < 4.78 is 18.8. The van der Waals surface area contributed by atoms with Gasteiger partial charge in [0.1, 0.15) is 5.82 Å². The van der Waals surface area contributed by atoms with Gasteiger partial charge in [0.05, 0.1) is 24.0 Å². The molecule has 132 valence electrons. The number of pyridine rings is 1. The fourth-order valence-electron chi connectivity index (χ4n) is 3.12. The van der Waals surface area contributed by atoms with Gasteiger partial charge < -0.3 is 15.0 Å². The molecule has 1 aromatic carbocycles. The maximum absolute atomic E-state index is 13.8. The van der Waals surface area contributed by atoms with Crippen molar-refractivity contribution in [3.05, 3.63) is 52.9 Å². The van der Waals surface area contributed by atoms with Crippen LogP contribution < -0.4 is 10.1 Å². The van der Waals surface area contributed by atoms with Crippen LogP contribution in [0.5, 0.6) is 5.88 Å². The molecule has 4 nitrogen and oxygen atoms in total. The summed E-state index contributed by atoms with van der Waals surface area (Å²) in [5.74, 6) is 0.617. The minimum absolute atomic E-state index is 0.136. The average molecular weight is 380 g/mol. The van der Waals surface area contributed by atoms with Crippen LogP contribution >= 0.6 is 23.8 Å². The summed E-state index contributed by atoms with van der Waals surface area (Å²) in [6.45, 7) is 3.61. The van der Waals surface area contributed by atoms with E-state index in [2.05, 4.69) is 22.1 Å². The number of ether oxygens (including phenoxy) is 1. The van der Waals surface area contributed by atoms with Crippen LogP contribution in [0.15, 0.2) is 36.5 Å². The topological polar surface area (TPSA) is 37.4 Å². The number of nitrogens with zero attached hydrogens (tertiary/aromatic N) is 2. The van der Waals surface area contributed by atoms with Crippen LogP contribution in [0.3, 0.4) is 0 Å². The lowest BCUT2D eigenvalue weighted by Crippen LogP contribution is -2.32. The molecule has 1 N–H and O–H groups in total. The molecule has 25 heavy (non-hydrogen) atoms. The second kappa shape index (κ2) is 7.54. The van der Waals surface area contributed by atoms with Gasteiger partial charge in [-0.1, -0.05) is 30.7 Å². The smallest absolute Gasteiger partial charge is 0.213 e. The molecule has 0 bridgehead atoms. The molecule has 0 radical (unpaired) electrons. The van der Waals surface area contributed by atoms with Gasteiger partial charge in [-0.3, -0.25) is 0 Å². The Balaban J connectivity index is 1.69. The van der Waals surface area contributed by atoms with Crippen molar-refractivity contribution in [2.45, 2.75) is 12.8 Å². The molecule has 0 aliphatic carbocycles. The van der Waals surface area contributed by atoms with Crippen molar-refractivity contribution in [2.75, 3.05) is 25.5 Å². The van der Waals surface area contributed by atoms with Crippen molar-refractivity contribution >= 4 is 34.6 Å². The highest BCUT2D eigenvalue weighted by Crippen LogP contribution is 2.37. The second-order valence-corrected chi connectivity index (χ2v) is 6.92. The first-order chi connectivity index (χ1) is 12.0. The van der Waals surface area contributed by atoms with Gasteiger partial charge >= 0.3 is 0 Å². The fourth-order valence-corrected chi connectivity index (χ4v) is 3.65. The zero-order valence-electron chi connectivity index (χ0n) is 14.0. The monoisotopic (exact) mass is 379 g/mol. The van der Waals surface area contributed by atoms with Gasteiger partial charge in [-0.25, -0.2) is 9.37 Å². The highest BCUT2D eigenvalue weighted by atomic mass is 35.5. The van der Waals surface area contributed by atoms with E-state index in [0.29, 0.717) is 23.5 Å². The van der Waals surface area contributed by atoms with Crippen molar-refractivity contribution in [1.29, 1.82) is 0 Å². The SMILES string of the molecule is COc1ccc(NC(=S)N2C[C@H](c3cccc(F)c3Cl)[C@@H](C)C2)cn1. The average Bonchev–Trinajstić information content (AvgIpc) is 3.00. The van der Waals surface area contributed by atoms with Gasteiger partial charge in [0, 0.05) is 25.1 Å². The highest BCUT2D eigenvalue weighted by Gasteiger charge is 2.33. The van der Waals surface area contributed by atoms with Gasteiger partial charge in [0.2, 0.25) is 5.88 Å². The van der Waals surface area contributed by atoms with Crippen molar-refractivity contribution in [1.82, 2.24) is 9.88 Å². The number of thiocarbonyl (C=S) groups is 1. The Labute approximate surface area is 157 Å². The molecular weight excluding hydrogens is 361 g/mol. The third-order valence-corrected chi connectivity index (χ3v) is 5.24. The fraction of sp³-hybridized carbons (Fsp3) is 0.333. The van der Waals surface area contributed by atoms with Gasteiger partial charge in [-0.2, -0.15) is 0 Å². The summed E-state index contributed by atoms with van der Waals surface area (Å²) in [6.07, 6.45) is 1.67. The molecule has 2 atom stereocenters. The highest BCUT2D eigenvalue weighted by molar-refractivity contribution is 7.80. The summed E-state index contributed by atoms with van der Waals surface area (Å²) >= 11 is 11.7. The maximum atomic E-state index is 13.8. The molecule has 1 saturated heterocycles. The molecule has 7 heteroatoms. The van der Waals surface area contributed by atoms with E-state index in [-0.39, 0.29) is 16.8 Å². The van der Waals surface area contributed by atoms with Crippen LogP contribution in [0.25, 0.3) is 0 Å². The van der Waals surface area contributed by atoms with Crippen LogP contribution in [-0.4, -0.2) is 35.2 Å². The third kappa shape index (κ3) is 3.85. The Kier molecular flexibility index (Phi) is 5.39. The first kappa shape index (κ1) is 17.9. The summed E-state index contributed by atoms with van der Waals surface area (Å²) in [6, 6.07) is 8.60. The Morgan fingerprint density at radius 2 is 2.16 bits per heavy atom. The molecule has 1 fully saturated rings. The quantitative estimate of drug-likeness (QED) is 0.804. The number of hydrogen-bond donors (Lipinski definition) is 1. The number of anilines is 1. The normalized spacial score (nSPS) is 19.8. The van der Waals surface area contributed by atoms with E-state index in [1.807, 2.05) is 12.1 Å². The Hall–Kier alpha value is -1.92. The minimum atomic E-state index is -0.380. The molecule has 0 saturated carbocycles. The Morgan fingerprint density at radius 3 is 2.84 bits per heavy atom. The molecule has 1 aliphatic heterocycles.